The lowest BCUT2D eigenvalue weighted by molar-refractivity contribution is 0.0526. The first-order chi connectivity index (χ1) is 9.79. The van der Waals surface area contributed by atoms with Crippen LogP contribution in [0.25, 0.3) is 0 Å². The second-order valence-corrected chi connectivity index (χ2v) is 4.66. The molecule has 0 saturated heterocycles. The summed E-state index contributed by atoms with van der Waals surface area (Å²) in [4.78, 5) is 11.5. The number of benzene rings is 1. The Morgan fingerprint density at radius 1 is 1.25 bits per heavy atom. The summed E-state index contributed by atoms with van der Waals surface area (Å²) in [5.41, 5.74) is 1.88. The minimum atomic E-state index is -0.303. The molecule has 0 radical (unpaired) electrons. The van der Waals surface area contributed by atoms with Gasteiger partial charge in [0, 0.05) is 12.7 Å². The van der Waals surface area contributed by atoms with Crippen LogP contribution in [0, 0.1) is 0 Å². The number of unbranched alkanes of at least 4 members (excludes halogenated alkanes) is 1. The normalized spacial score (nSPS) is 10.4. The van der Waals surface area contributed by atoms with E-state index in [1.54, 1.807) is 24.0 Å². The highest BCUT2D eigenvalue weighted by Gasteiger charge is 2.08. The lowest BCUT2D eigenvalue weighted by Crippen LogP contribution is -2.03. The smallest absolute Gasteiger partial charge is 0.341 e. The molecule has 0 N–H and O–H groups in total. The van der Waals surface area contributed by atoms with Gasteiger partial charge in [-0.2, -0.15) is 5.10 Å². The molecule has 4 heteroatoms. The molecule has 1 aromatic heterocycles. The van der Waals surface area contributed by atoms with Gasteiger partial charge in [0.1, 0.15) is 0 Å². The summed E-state index contributed by atoms with van der Waals surface area (Å²) >= 11 is 0. The third kappa shape index (κ3) is 4.23. The van der Waals surface area contributed by atoms with Crippen molar-refractivity contribution in [1.29, 1.82) is 0 Å². The van der Waals surface area contributed by atoms with E-state index in [9.17, 15) is 4.79 Å². The molecule has 0 atom stereocenters. The lowest BCUT2D eigenvalue weighted by atomic mass is 10.1. The minimum absolute atomic E-state index is 0.303. The third-order valence-corrected chi connectivity index (χ3v) is 3.09. The van der Waals surface area contributed by atoms with Gasteiger partial charge in [-0.25, -0.2) is 4.79 Å². The van der Waals surface area contributed by atoms with Crippen LogP contribution in [0.3, 0.4) is 0 Å². The van der Waals surface area contributed by atoms with Crippen molar-refractivity contribution >= 4 is 5.97 Å². The first-order valence-corrected chi connectivity index (χ1v) is 7.03. The van der Waals surface area contributed by atoms with Gasteiger partial charge in [0.25, 0.3) is 0 Å². The molecule has 0 amide bonds. The van der Waals surface area contributed by atoms with Crippen LogP contribution in [0.1, 0.15) is 35.7 Å². The second-order valence-electron chi connectivity index (χ2n) is 4.66. The van der Waals surface area contributed by atoms with Crippen LogP contribution in [0.5, 0.6) is 0 Å². The molecular weight excluding hydrogens is 252 g/mol. The first kappa shape index (κ1) is 14.3. The quantitative estimate of drug-likeness (QED) is 0.574. The van der Waals surface area contributed by atoms with Gasteiger partial charge in [-0.15, -0.1) is 0 Å². The van der Waals surface area contributed by atoms with Gasteiger partial charge in [0.05, 0.1) is 18.4 Å². The zero-order valence-electron chi connectivity index (χ0n) is 11.8. The van der Waals surface area contributed by atoms with Crippen molar-refractivity contribution in [3.63, 3.8) is 0 Å². The largest absolute Gasteiger partial charge is 0.462 e. The molecule has 1 aromatic carbocycles. The van der Waals surface area contributed by atoms with E-state index in [1.165, 1.54) is 5.56 Å². The maximum Gasteiger partial charge on any atom is 0.341 e. The van der Waals surface area contributed by atoms with E-state index >= 15 is 0 Å². The van der Waals surface area contributed by atoms with E-state index in [-0.39, 0.29) is 5.97 Å². The highest BCUT2D eigenvalue weighted by atomic mass is 16.5. The zero-order chi connectivity index (χ0) is 14.2. The van der Waals surface area contributed by atoms with Gasteiger partial charge in [0.2, 0.25) is 0 Å². The number of hydrogen-bond acceptors (Lipinski definition) is 3. The molecule has 0 aliphatic heterocycles. The van der Waals surface area contributed by atoms with E-state index in [1.807, 2.05) is 6.07 Å². The fraction of sp³-hybridized carbons (Fsp3) is 0.375. The molecule has 0 bridgehead atoms. The van der Waals surface area contributed by atoms with Crippen LogP contribution >= 0.6 is 0 Å². The maximum atomic E-state index is 11.5. The number of aromatic nitrogens is 2. The molecule has 2 rings (SSSR count). The number of ether oxygens (including phenoxy) is 1. The number of aryl methyl sites for hydroxylation is 2. The molecule has 0 fully saturated rings. The average molecular weight is 272 g/mol. The molecule has 1 heterocycles. The van der Waals surface area contributed by atoms with Gasteiger partial charge in [-0.05, 0) is 31.7 Å². The van der Waals surface area contributed by atoms with E-state index in [2.05, 4.69) is 29.4 Å². The summed E-state index contributed by atoms with van der Waals surface area (Å²) in [6, 6.07) is 10.5. The van der Waals surface area contributed by atoms with E-state index in [4.69, 9.17) is 4.74 Å². The summed E-state index contributed by atoms with van der Waals surface area (Å²) < 4.78 is 6.74. The van der Waals surface area contributed by atoms with Crippen molar-refractivity contribution in [1.82, 2.24) is 9.78 Å². The van der Waals surface area contributed by atoms with Crippen molar-refractivity contribution < 1.29 is 9.53 Å². The highest BCUT2D eigenvalue weighted by Crippen LogP contribution is 2.06. The van der Waals surface area contributed by atoms with Gasteiger partial charge in [0.15, 0.2) is 0 Å². The molecule has 0 spiro atoms. The molecule has 4 nitrogen and oxygen atoms in total. The van der Waals surface area contributed by atoms with Crippen LogP contribution in [-0.4, -0.2) is 22.4 Å². The van der Waals surface area contributed by atoms with Crippen LogP contribution in [0.15, 0.2) is 42.7 Å². The number of hydrogen-bond donors (Lipinski definition) is 0. The zero-order valence-corrected chi connectivity index (χ0v) is 11.8. The monoisotopic (exact) mass is 272 g/mol. The van der Waals surface area contributed by atoms with Gasteiger partial charge >= 0.3 is 5.97 Å². The maximum absolute atomic E-state index is 11.5. The molecule has 2 aromatic rings. The second kappa shape index (κ2) is 7.48. The number of carbonyl (C=O) groups excluding carboxylic acids is 1. The number of rotatable bonds is 7. The summed E-state index contributed by atoms with van der Waals surface area (Å²) in [7, 11) is 0. The summed E-state index contributed by atoms with van der Waals surface area (Å²) in [5, 5.41) is 4.18. The number of esters is 1. The highest BCUT2D eigenvalue weighted by molar-refractivity contribution is 5.88. The Bertz CT molecular complexity index is 534. The van der Waals surface area contributed by atoms with Crippen molar-refractivity contribution in [2.45, 2.75) is 32.7 Å². The summed E-state index contributed by atoms with van der Waals surface area (Å²) in [5.74, 6) is -0.303. The first-order valence-electron chi connectivity index (χ1n) is 7.03. The van der Waals surface area contributed by atoms with Crippen molar-refractivity contribution in [3.05, 3.63) is 53.9 Å². The molecular formula is C16H20N2O2. The lowest BCUT2D eigenvalue weighted by Gasteiger charge is -2.02. The number of carbonyl (C=O) groups is 1. The summed E-state index contributed by atoms with van der Waals surface area (Å²) in [6.45, 7) is 3.01. The average Bonchev–Trinajstić information content (AvgIpc) is 2.94. The predicted molar refractivity (Wildman–Crippen MR) is 77.6 cm³/mol. The minimum Gasteiger partial charge on any atom is -0.462 e. The van der Waals surface area contributed by atoms with Crippen LogP contribution < -0.4 is 0 Å². The Labute approximate surface area is 119 Å². The van der Waals surface area contributed by atoms with Gasteiger partial charge < -0.3 is 4.74 Å². The fourth-order valence-electron chi connectivity index (χ4n) is 2.05. The van der Waals surface area contributed by atoms with Crippen LogP contribution in [0.2, 0.25) is 0 Å². The summed E-state index contributed by atoms with van der Waals surface area (Å²) in [6.07, 6.45) is 6.54. The topological polar surface area (TPSA) is 44.1 Å². The standard InChI is InChI=1S/C16H20N2O2/c1-2-20-16(19)15-12-17-18(13-15)11-7-6-10-14-8-4-3-5-9-14/h3-5,8-9,12-13H,2,6-7,10-11H2,1H3. The van der Waals surface area contributed by atoms with Crippen molar-refractivity contribution in [2.75, 3.05) is 6.61 Å². The van der Waals surface area contributed by atoms with E-state index < -0.39 is 0 Å². The number of nitrogens with zero attached hydrogens (tertiary/aromatic N) is 2. The molecule has 106 valence electrons. The molecule has 0 aliphatic carbocycles. The van der Waals surface area contributed by atoms with E-state index in [0.717, 1.165) is 25.8 Å². The van der Waals surface area contributed by atoms with Crippen LogP contribution in [-0.2, 0) is 17.7 Å². The Morgan fingerprint density at radius 2 is 2.05 bits per heavy atom. The van der Waals surface area contributed by atoms with Crippen molar-refractivity contribution in [2.24, 2.45) is 0 Å². The molecule has 20 heavy (non-hydrogen) atoms. The Morgan fingerprint density at radius 3 is 2.80 bits per heavy atom. The Kier molecular flexibility index (Phi) is 5.35. The third-order valence-electron chi connectivity index (χ3n) is 3.09. The predicted octanol–water partition coefficient (Wildman–Crippen LogP) is 3.08. The Hall–Kier alpha value is -2.10. The van der Waals surface area contributed by atoms with Crippen LogP contribution in [0.4, 0.5) is 0 Å². The molecule has 0 saturated carbocycles. The molecule has 0 aliphatic rings. The molecule has 0 unspecified atom stereocenters. The van der Waals surface area contributed by atoms with Gasteiger partial charge in [-0.1, -0.05) is 30.3 Å². The van der Waals surface area contributed by atoms with E-state index in [0.29, 0.717) is 12.2 Å². The van der Waals surface area contributed by atoms with Crippen molar-refractivity contribution in [3.8, 4) is 0 Å². The Balaban J connectivity index is 1.73. The fourth-order valence-corrected chi connectivity index (χ4v) is 2.05. The van der Waals surface area contributed by atoms with Gasteiger partial charge in [-0.3, -0.25) is 4.68 Å². The SMILES string of the molecule is CCOC(=O)c1cnn(CCCCc2ccccc2)c1.